The summed E-state index contributed by atoms with van der Waals surface area (Å²) < 4.78 is 12.9. The number of imidazole rings is 1. The number of hydrogen-bond acceptors (Lipinski definition) is 4. The first-order valence-corrected chi connectivity index (χ1v) is 7.30. The van der Waals surface area contributed by atoms with E-state index in [4.69, 9.17) is 9.47 Å². The molecular weight excluding hydrogens is 266 g/mol. The molecule has 0 saturated heterocycles. The van der Waals surface area contributed by atoms with Crippen LogP contribution in [-0.4, -0.2) is 16.3 Å². The fourth-order valence-electron chi connectivity index (χ4n) is 2.50. The molecule has 3 rings (SSSR count). The molecule has 0 radical (unpaired) electrons. The summed E-state index contributed by atoms with van der Waals surface area (Å²) in [6.45, 7) is 7.51. The van der Waals surface area contributed by atoms with Gasteiger partial charge in [-0.25, -0.2) is 4.98 Å². The van der Waals surface area contributed by atoms with E-state index < -0.39 is 0 Å². The third-order valence-corrected chi connectivity index (χ3v) is 3.77. The number of rotatable bonds is 5. The molecule has 1 aromatic carbocycles. The van der Waals surface area contributed by atoms with Crippen molar-refractivity contribution in [3.63, 3.8) is 0 Å². The Bertz CT molecular complexity index is 622. The largest absolute Gasteiger partial charge is 0.454 e. The molecule has 21 heavy (non-hydrogen) atoms. The molecule has 112 valence electrons. The lowest BCUT2D eigenvalue weighted by Crippen LogP contribution is -2.21. The van der Waals surface area contributed by atoms with E-state index >= 15 is 0 Å². The molecule has 2 aromatic rings. The van der Waals surface area contributed by atoms with Crippen LogP contribution in [0.5, 0.6) is 11.5 Å². The monoisotopic (exact) mass is 287 g/mol. The molecule has 2 heterocycles. The Labute approximate surface area is 124 Å². The predicted octanol–water partition coefficient (Wildman–Crippen LogP) is 3.04. The van der Waals surface area contributed by atoms with Crippen LogP contribution in [0, 0.1) is 0 Å². The lowest BCUT2D eigenvalue weighted by molar-refractivity contribution is 0.174. The molecule has 1 aliphatic heterocycles. The normalized spacial score (nSPS) is 14.7. The quantitative estimate of drug-likeness (QED) is 0.918. The third-order valence-electron chi connectivity index (χ3n) is 3.77. The first-order chi connectivity index (χ1) is 10.1. The van der Waals surface area contributed by atoms with Crippen LogP contribution in [0.3, 0.4) is 0 Å². The number of nitrogens with zero attached hydrogens (tertiary/aromatic N) is 2. The van der Waals surface area contributed by atoms with Gasteiger partial charge in [0.1, 0.15) is 5.82 Å². The Morgan fingerprint density at radius 2 is 2.05 bits per heavy atom. The number of ether oxygens (including phenoxy) is 2. The Kier molecular flexibility index (Phi) is 3.84. The van der Waals surface area contributed by atoms with Crippen molar-refractivity contribution in [3.05, 3.63) is 42.0 Å². The molecule has 1 aliphatic rings. The minimum absolute atomic E-state index is 0.219. The van der Waals surface area contributed by atoms with Crippen molar-refractivity contribution < 1.29 is 9.47 Å². The molecule has 0 bridgehead atoms. The molecule has 0 saturated carbocycles. The van der Waals surface area contributed by atoms with E-state index in [0.29, 0.717) is 12.8 Å². The van der Waals surface area contributed by atoms with Crippen LogP contribution in [-0.2, 0) is 6.54 Å². The van der Waals surface area contributed by atoms with Crippen LogP contribution in [0.2, 0.25) is 0 Å². The van der Waals surface area contributed by atoms with Gasteiger partial charge in [0.2, 0.25) is 6.79 Å². The summed E-state index contributed by atoms with van der Waals surface area (Å²) in [6.07, 6.45) is 3.87. The zero-order valence-corrected chi connectivity index (χ0v) is 12.7. The van der Waals surface area contributed by atoms with Crippen LogP contribution in [0.15, 0.2) is 30.6 Å². The van der Waals surface area contributed by atoms with E-state index in [9.17, 15) is 0 Å². The fourth-order valence-corrected chi connectivity index (χ4v) is 2.50. The summed E-state index contributed by atoms with van der Waals surface area (Å²) in [6, 6.07) is 6.71. The minimum Gasteiger partial charge on any atom is -0.454 e. The first-order valence-electron chi connectivity index (χ1n) is 7.30. The molecule has 0 amide bonds. The van der Waals surface area contributed by atoms with Gasteiger partial charge in [0.25, 0.3) is 0 Å². The summed E-state index contributed by atoms with van der Waals surface area (Å²) in [7, 11) is 0. The molecule has 1 N–H and O–H groups in total. The Balaban J connectivity index is 1.66. The summed E-state index contributed by atoms with van der Waals surface area (Å²) in [5, 5.41) is 3.51. The van der Waals surface area contributed by atoms with E-state index in [-0.39, 0.29) is 6.04 Å². The lowest BCUT2D eigenvalue weighted by Gasteiger charge is -2.16. The maximum atomic E-state index is 5.42. The molecule has 0 spiro atoms. The first kappa shape index (κ1) is 13.9. The van der Waals surface area contributed by atoms with E-state index in [1.165, 1.54) is 5.56 Å². The average molecular weight is 287 g/mol. The van der Waals surface area contributed by atoms with Gasteiger partial charge in [-0.15, -0.1) is 0 Å². The van der Waals surface area contributed by atoms with Gasteiger partial charge in [-0.2, -0.15) is 0 Å². The minimum atomic E-state index is 0.219. The lowest BCUT2D eigenvalue weighted by atomic mass is 10.1. The van der Waals surface area contributed by atoms with Gasteiger partial charge in [0.05, 0.1) is 6.54 Å². The van der Waals surface area contributed by atoms with Crippen molar-refractivity contribution in [2.45, 2.75) is 39.4 Å². The van der Waals surface area contributed by atoms with Crippen LogP contribution in [0.4, 0.5) is 0 Å². The maximum Gasteiger partial charge on any atom is 0.231 e. The fraction of sp³-hybridized carbons (Fsp3) is 0.438. The van der Waals surface area contributed by atoms with Crippen molar-refractivity contribution in [2.75, 3.05) is 6.79 Å². The smallest absolute Gasteiger partial charge is 0.231 e. The highest BCUT2D eigenvalue weighted by atomic mass is 16.7. The number of nitrogens with one attached hydrogen (secondary N) is 1. The molecule has 5 nitrogen and oxygen atoms in total. The zero-order chi connectivity index (χ0) is 14.8. The number of benzene rings is 1. The summed E-state index contributed by atoms with van der Waals surface area (Å²) in [4.78, 5) is 4.42. The van der Waals surface area contributed by atoms with E-state index in [0.717, 1.165) is 23.9 Å². The highest BCUT2D eigenvalue weighted by Crippen LogP contribution is 2.34. The number of aromatic nitrogens is 2. The van der Waals surface area contributed by atoms with E-state index in [1.54, 1.807) is 0 Å². The van der Waals surface area contributed by atoms with Crippen LogP contribution < -0.4 is 14.8 Å². The Hall–Kier alpha value is -2.01. The van der Waals surface area contributed by atoms with Crippen LogP contribution in [0.1, 0.15) is 44.2 Å². The second kappa shape index (κ2) is 5.77. The SMILES string of the molecule is CC(C)n1ccnc1CN[C@@H](C)c1ccc2c(c1)OCO2. The van der Waals surface area contributed by atoms with Crippen molar-refractivity contribution in [3.8, 4) is 11.5 Å². The molecule has 0 aliphatic carbocycles. The Morgan fingerprint density at radius 3 is 2.86 bits per heavy atom. The van der Waals surface area contributed by atoms with Gasteiger partial charge >= 0.3 is 0 Å². The van der Waals surface area contributed by atoms with E-state index in [2.05, 4.69) is 41.7 Å². The second-order valence-electron chi connectivity index (χ2n) is 5.56. The Morgan fingerprint density at radius 1 is 1.24 bits per heavy atom. The van der Waals surface area contributed by atoms with Crippen molar-refractivity contribution >= 4 is 0 Å². The van der Waals surface area contributed by atoms with Gasteiger partial charge in [-0.3, -0.25) is 0 Å². The summed E-state index contributed by atoms with van der Waals surface area (Å²) in [5.41, 5.74) is 1.18. The van der Waals surface area contributed by atoms with Gasteiger partial charge in [0, 0.05) is 24.5 Å². The average Bonchev–Trinajstić information content (AvgIpc) is 3.12. The zero-order valence-electron chi connectivity index (χ0n) is 12.7. The van der Waals surface area contributed by atoms with Gasteiger partial charge < -0.3 is 19.4 Å². The molecule has 5 heteroatoms. The standard InChI is InChI=1S/C16H21N3O2/c1-11(2)19-7-6-17-16(19)9-18-12(3)13-4-5-14-15(8-13)21-10-20-14/h4-8,11-12,18H,9-10H2,1-3H3/t12-/m0/s1. The molecule has 1 atom stereocenters. The summed E-state index contributed by atoms with van der Waals surface area (Å²) in [5.74, 6) is 2.70. The predicted molar refractivity (Wildman–Crippen MR) is 80.4 cm³/mol. The second-order valence-corrected chi connectivity index (χ2v) is 5.56. The van der Waals surface area contributed by atoms with Gasteiger partial charge in [-0.1, -0.05) is 6.07 Å². The maximum absolute atomic E-state index is 5.42. The molecule has 0 unspecified atom stereocenters. The topological polar surface area (TPSA) is 48.3 Å². The third kappa shape index (κ3) is 2.88. The van der Waals surface area contributed by atoms with Crippen molar-refractivity contribution in [2.24, 2.45) is 0 Å². The highest BCUT2D eigenvalue weighted by Gasteiger charge is 2.16. The van der Waals surface area contributed by atoms with Gasteiger partial charge in [-0.05, 0) is 38.5 Å². The summed E-state index contributed by atoms with van der Waals surface area (Å²) >= 11 is 0. The number of fused-ring (bicyclic) bond motifs is 1. The molecular formula is C16H21N3O2. The van der Waals surface area contributed by atoms with Crippen LogP contribution in [0.25, 0.3) is 0 Å². The van der Waals surface area contributed by atoms with Crippen LogP contribution >= 0.6 is 0 Å². The van der Waals surface area contributed by atoms with E-state index in [1.807, 2.05) is 24.5 Å². The molecule has 1 aromatic heterocycles. The van der Waals surface area contributed by atoms with Gasteiger partial charge in [0.15, 0.2) is 11.5 Å². The number of hydrogen-bond donors (Lipinski definition) is 1. The molecule has 0 fully saturated rings. The highest BCUT2D eigenvalue weighted by molar-refractivity contribution is 5.45. The van der Waals surface area contributed by atoms with Crippen molar-refractivity contribution in [1.82, 2.24) is 14.9 Å². The van der Waals surface area contributed by atoms with Crippen molar-refractivity contribution in [1.29, 1.82) is 0 Å².